The van der Waals surface area contributed by atoms with Crippen molar-refractivity contribution in [2.45, 2.75) is 29.7 Å². The monoisotopic (exact) mass is 422 g/mol. The first-order valence-corrected chi connectivity index (χ1v) is 9.67. The largest absolute Gasteiger partial charge is 0.493 e. The fraction of sp³-hybridized carbons (Fsp3) is 0.300. The average molecular weight is 422 g/mol. The van der Waals surface area contributed by atoms with Crippen molar-refractivity contribution in [1.29, 1.82) is 0 Å². The highest BCUT2D eigenvalue weighted by Gasteiger charge is 2.29. The molecule has 0 radical (unpaired) electrons. The Labute approximate surface area is 171 Å². The fourth-order valence-corrected chi connectivity index (χ4v) is 4.01. The number of carbonyl (C=O) groups is 2. The number of thioether (sulfide) groups is 1. The standard InChI is InChI=1S/C20H20F2N2O4S/c1-24(11-12-7-8-14(28-20(21)22)15(9-12)27-2)18(25)10-17-19(26)23-13-5-3-4-6-16(13)29-17/h3-9,17,20H,10-11H2,1-2H3,(H,23,26)/t17-/m0/s1. The number of amides is 2. The van der Waals surface area contributed by atoms with Gasteiger partial charge in [-0.1, -0.05) is 18.2 Å². The number of nitrogens with one attached hydrogen (secondary N) is 1. The van der Waals surface area contributed by atoms with Gasteiger partial charge in [-0.2, -0.15) is 8.78 Å². The minimum absolute atomic E-state index is 0.0467. The molecule has 2 aromatic rings. The number of fused-ring (bicyclic) bond motifs is 1. The summed E-state index contributed by atoms with van der Waals surface area (Å²) in [4.78, 5) is 27.3. The Hall–Kier alpha value is -2.81. The molecule has 9 heteroatoms. The van der Waals surface area contributed by atoms with Gasteiger partial charge in [0.2, 0.25) is 11.8 Å². The van der Waals surface area contributed by atoms with Crippen LogP contribution in [-0.2, 0) is 16.1 Å². The molecule has 29 heavy (non-hydrogen) atoms. The number of rotatable bonds is 7. The van der Waals surface area contributed by atoms with Crippen LogP contribution >= 0.6 is 11.8 Å². The van der Waals surface area contributed by atoms with Gasteiger partial charge in [-0.25, -0.2) is 0 Å². The molecule has 0 unspecified atom stereocenters. The Morgan fingerprint density at radius 2 is 2.00 bits per heavy atom. The van der Waals surface area contributed by atoms with Crippen LogP contribution in [-0.4, -0.2) is 42.7 Å². The normalized spacial score (nSPS) is 15.5. The Bertz CT molecular complexity index is 910. The summed E-state index contributed by atoms with van der Waals surface area (Å²) in [6.07, 6.45) is 0.0467. The average Bonchev–Trinajstić information content (AvgIpc) is 2.69. The summed E-state index contributed by atoms with van der Waals surface area (Å²) in [5.74, 6) is -0.328. The maximum absolute atomic E-state index is 12.6. The Morgan fingerprint density at radius 3 is 2.72 bits per heavy atom. The van der Waals surface area contributed by atoms with Gasteiger partial charge in [0.25, 0.3) is 0 Å². The molecule has 0 aromatic heterocycles. The van der Waals surface area contributed by atoms with E-state index in [2.05, 4.69) is 10.1 Å². The summed E-state index contributed by atoms with van der Waals surface area (Å²) in [5.41, 5.74) is 1.43. The van der Waals surface area contributed by atoms with Gasteiger partial charge in [-0.3, -0.25) is 9.59 Å². The number of hydrogen-bond donors (Lipinski definition) is 1. The number of hydrogen-bond acceptors (Lipinski definition) is 5. The van der Waals surface area contributed by atoms with Crippen molar-refractivity contribution in [3.05, 3.63) is 48.0 Å². The van der Waals surface area contributed by atoms with E-state index in [4.69, 9.17) is 4.74 Å². The predicted octanol–water partition coefficient (Wildman–Crippen LogP) is 3.76. The van der Waals surface area contributed by atoms with E-state index in [-0.39, 0.29) is 36.3 Å². The lowest BCUT2D eigenvalue weighted by atomic mass is 10.1. The molecule has 1 heterocycles. The van der Waals surface area contributed by atoms with E-state index >= 15 is 0 Å². The van der Waals surface area contributed by atoms with Crippen LogP contribution in [0.1, 0.15) is 12.0 Å². The van der Waals surface area contributed by atoms with Crippen LogP contribution in [0.2, 0.25) is 0 Å². The molecule has 154 valence electrons. The number of halogens is 2. The lowest BCUT2D eigenvalue weighted by Crippen LogP contribution is -2.35. The zero-order chi connectivity index (χ0) is 21.0. The van der Waals surface area contributed by atoms with Crippen LogP contribution in [0, 0.1) is 0 Å². The van der Waals surface area contributed by atoms with Crippen LogP contribution in [0.4, 0.5) is 14.5 Å². The SMILES string of the molecule is COc1cc(CN(C)C(=O)C[C@@H]2Sc3ccccc3NC2=O)ccc1OC(F)F. The zero-order valence-corrected chi connectivity index (χ0v) is 16.7. The van der Waals surface area contributed by atoms with Gasteiger partial charge in [-0.15, -0.1) is 11.8 Å². The molecule has 1 N–H and O–H groups in total. The van der Waals surface area contributed by atoms with E-state index < -0.39 is 11.9 Å². The Kier molecular flexibility index (Phi) is 6.58. The topological polar surface area (TPSA) is 67.9 Å². The molecule has 0 spiro atoms. The first kappa shape index (κ1) is 20.9. The molecule has 1 aliphatic heterocycles. The van der Waals surface area contributed by atoms with Crippen molar-refractivity contribution in [2.24, 2.45) is 0 Å². The smallest absolute Gasteiger partial charge is 0.387 e. The highest BCUT2D eigenvalue weighted by Crippen LogP contribution is 2.37. The molecule has 0 fully saturated rings. The van der Waals surface area contributed by atoms with Crippen molar-refractivity contribution >= 4 is 29.3 Å². The van der Waals surface area contributed by atoms with Gasteiger partial charge in [0.05, 0.1) is 18.0 Å². The van der Waals surface area contributed by atoms with Crippen LogP contribution in [0.15, 0.2) is 47.4 Å². The summed E-state index contributed by atoms with van der Waals surface area (Å²) in [6.45, 7) is -2.72. The second-order valence-electron chi connectivity index (χ2n) is 6.41. The van der Waals surface area contributed by atoms with Gasteiger partial charge in [0.15, 0.2) is 11.5 Å². The molecular weight excluding hydrogens is 402 g/mol. The highest BCUT2D eigenvalue weighted by molar-refractivity contribution is 8.01. The first-order valence-electron chi connectivity index (χ1n) is 8.79. The quantitative estimate of drug-likeness (QED) is 0.736. The maximum Gasteiger partial charge on any atom is 0.387 e. The maximum atomic E-state index is 12.6. The fourth-order valence-electron chi connectivity index (χ4n) is 2.91. The number of carbonyl (C=O) groups excluding carboxylic acids is 2. The van der Waals surface area contributed by atoms with E-state index in [0.717, 1.165) is 10.6 Å². The van der Waals surface area contributed by atoms with Crippen LogP contribution in [0.25, 0.3) is 0 Å². The van der Waals surface area contributed by atoms with Crippen molar-refractivity contribution in [3.8, 4) is 11.5 Å². The van der Waals surface area contributed by atoms with E-state index in [1.54, 1.807) is 19.2 Å². The lowest BCUT2D eigenvalue weighted by Gasteiger charge is -2.25. The number of nitrogens with zero attached hydrogens (tertiary/aromatic N) is 1. The Balaban J connectivity index is 1.63. The Morgan fingerprint density at radius 1 is 1.24 bits per heavy atom. The van der Waals surface area contributed by atoms with Crippen molar-refractivity contribution in [1.82, 2.24) is 4.90 Å². The lowest BCUT2D eigenvalue weighted by molar-refractivity contribution is -0.131. The molecule has 0 bridgehead atoms. The predicted molar refractivity (Wildman–Crippen MR) is 105 cm³/mol. The molecular formula is C20H20F2N2O4S. The highest BCUT2D eigenvalue weighted by atomic mass is 32.2. The van der Waals surface area contributed by atoms with Gasteiger partial charge < -0.3 is 19.7 Å². The molecule has 3 rings (SSSR count). The molecule has 1 aliphatic rings. The number of methoxy groups -OCH3 is 1. The van der Waals surface area contributed by atoms with Gasteiger partial charge >= 0.3 is 6.61 Å². The van der Waals surface area contributed by atoms with E-state index in [0.29, 0.717) is 5.56 Å². The minimum atomic E-state index is -2.96. The van der Waals surface area contributed by atoms with Gasteiger partial charge in [0, 0.05) is 24.9 Å². The molecule has 0 aliphatic carbocycles. The molecule has 0 saturated carbocycles. The summed E-state index contributed by atoms with van der Waals surface area (Å²) in [7, 11) is 2.97. The summed E-state index contributed by atoms with van der Waals surface area (Å²) in [5, 5.41) is 2.30. The van der Waals surface area contributed by atoms with Crippen LogP contribution < -0.4 is 14.8 Å². The van der Waals surface area contributed by atoms with Gasteiger partial charge in [-0.05, 0) is 29.8 Å². The third kappa shape index (κ3) is 5.17. The van der Waals surface area contributed by atoms with E-state index in [1.807, 2.05) is 24.3 Å². The third-order valence-corrected chi connectivity index (χ3v) is 5.63. The second-order valence-corrected chi connectivity index (χ2v) is 7.65. The first-order chi connectivity index (χ1) is 13.9. The summed E-state index contributed by atoms with van der Waals surface area (Å²) >= 11 is 1.36. The molecule has 0 saturated heterocycles. The van der Waals surface area contributed by atoms with Crippen molar-refractivity contribution in [3.63, 3.8) is 0 Å². The molecule has 2 aromatic carbocycles. The van der Waals surface area contributed by atoms with Crippen LogP contribution in [0.3, 0.4) is 0 Å². The summed E-state index contributed by atoms with van der Waals surface area (Å²) < 4.78 is 34.3. The van der Waals surface area contributed by atoms with Crippen LogP contribution in [0.5, 0.6) is 11.5 Å². The van der Waals surface area contributed by atoms with Gasteiger partial charge in [0.1, 0.15) is 0 Å². The minimum Gasteiger partial charge on any atom is -0.493 e. The number of benzene rings is 2. The summed E-state index contributed by atoms with van der Waals surface area (Å²) in [6, 6.07) is 11.9. The zero-order valence-electron chi connectivity index (χ0n) is 15.9. The van der Waals surface area contributed by atoms with E-state index in [1.165, 1.54) is 29.8 Å². The number of ether oxygens (including phenoxy) is 2. The van der Waals surface area contributed by atoms with E-state index in [9.17, 15) is 18.4 Å². The third-order valence-electron chi connectivity index (χ3n) is 4.36. The number of anilines is 1. The number of para-hydroxylation sites is 1. The molecule has 2 amide bonds. The van der Waals surface area contributed by atoms with Crippen molar-refractivity contribution < 1.29 is 27.8 Å². The molecule has 1 atom stereocenters. The number of alkyl halides is 2. The second kappa shape index (κ2) is 9.13. The molecule has 6 nitrogen and oxygen atoms in total. The van der Waals surface area contributed by atoms with Crippen molar-refractivity contribution in [2.75, 3.05) is 19.5 Å².